The van der Waals surface area contributed by atoms with Crippen LogP contribution in [0, 0.1) is 5.92 Å². The number of hydrogen-bond donors (Lipinski definition) is 1. The Labute approximate surface area is 114 Å². The molecule has 1 fully saturated rings. The van der Waals surface area contributed by atoms with Gasteiger partial charge in [0.25, 0.3) is 0 Å². The molecule has 2 N–H and O–H groups in total. The molecule has 3 rings (SSSR count). The van der Waals surface area contributed by atoms with Crippen molar-refractivity contribution in [1.29, 1.82) is 0 Å². The van der Waals surface area contributed by atoms with E-state index in [1.165, 1.54) is 23.6 Å². The van der Waals surface area contributed by atoms with Gasteiger partial charge in [-0.2, -0.15) is 0 Å². The highest BCUT2D eigenvalue weighted by atomic mass is 15.2. The number of benzene rings is 1. The fraction of sp³-hybridized carbons (Fsp3) is 0.438. The van der Waals surface area contributed by atoms with E-state index in [0.717, 1.165) is 18.9 Å². The highest BCUT2D eigenvalue weighted by molar-refractivity contribution is 5.92. The molecule has 2 aromatic rings. The highest BCUT2D eigenvalue weighted by Gasteiger charge is 2.26. The van der Waals surface area contributed by atoms with Gasteiger partial charge in [0.2, 0.25) is 0 Å². The van der Waals surface area contributed by atoms with Crippen LogP contribution in [0.2, 0.25) is 0 Å². The molecule has 1 aromatic carbocycles. The Hall–Kier alpha value is -1.61. The lowest BCUT2D eigenvalue weighted by Crippen LogP contribution is -2.44. The van der Waals surface area contributed by atoms with Gasteiger partial charge in [-0.25, -0.2) is 4.98 Å². The van der Waals surface area contributed by atoms with Gasteiger partial charge in [-0.3, -0.25) is 0 Å². The molecule has 1 aromatic heterocycles. The first-order chi connectivity index (χ1) is 9.29. The lowest BCUT2D eigenvalue weighted by Gasteiger charge is -2.39. The van der Waals surface area contributed by atoms with Crippen molar-refractivity contribution in [2.45, 2.75) is 25.8 Å². The SMILES string of the molecule is CC1CCC(CN)CN1c1nccc2ccccc12. The van der Waals surface area contributed by atoms with Crippen molar-refractivity contribution in [3.05, 3.63) is 36.5 Å². The predicted molar refractivity (Wildman–Crippen MR) is 80.3 cm³/mol. The number of nitrogens with two attached hydrogens (primary N) is 1. The van der Waals surface area contributed by atoms with E-state index in [1.807, 2.05) is 6.20 Å². The Morgan fingerprint density at radius 3 is 2.95 bits per heavy atom. The fourth-order valence-corrected chi connectivity index (χ4v) is 3.00. The van der Waals surface area contributed by atoms with Crippen LogP contribution in [0.3, 0.4) is 0 Å². The van der Waals surface area contributed by atoms with Crippen LogP contribution in [-0.2, 0) is 0 Å². The molecule has 1 aliphatic rings. The lowest BCUT2D eigenvalue weighted by atomic mass is 9.93. The molecule has 0 aliphatic carbocycles. The molecule has 0 bridgehead atoms. The summed E-state index contributed by atoms with van der Waals surface area (Å²) in [4.78, 5) is 7.07. The molecule has 0 amide bonds. The molecular weight excluding hydrogens is 234 g/mol. The van der Waals surface area contributed by atoms with Gasteiger partial charge in [0, 0.05) is 24.2 Å². The zero-order valence-corrected chi connectivity index (χ0v) is 11.4. The number of aromatic nitrogens is 1. The zero-order valence-electron chi connectivity index (χ0n) is 11.4. The van der Waals surface area contributed by atoms with Crippen LogP contribution < -0.4 is 10.6 Å². The van der Waals surface area contributed by atoms with Crippen LogP contribution in [0.4, 0.5) is 5.82 Å². The second kappa shape index (κ2) is 5.17. The van der Waals surface area contributed by atoms with E-state index in [9.17, 15) is 0 Å². The predicted octanol–water partition coefficient (Wildman–Crippen LogP) is 2.80. The summed E-state index contributed by atoms with van der Waals surface area (Å²) in [6, 6.07) is 11.1. The fourth-order valence-electron chi connectivity index (χ4n) is 3.00. The third-order valence-corrected chi connectivity index (χ3v) is 4.24. The second-order valence-electron chi connectivity index (χ2n) is 5.54. The van der Waals surface area contributed by atoms with E-state index in [2.05, 4.69) is 47.1 Å². The second-order valence-corrected chi connectivity index (χ2v) is 5.54. The summed E-state index contributed by atoms with van der Waals surface area (Å²) in [5.74, 6) is 1.71. The minimum Gasteiger partial charge on any atom is -0.353 e. The minimum absolute atomic E-state index is 0.543. The number of anilines is 1. The quantitative estimate of drug-likeness (QED) is 0.897. The van der Waals surface area contributed by atoms with Crippen LogP contribution in [0.15, 0.2) is 36.5 Å². The Morgan fingerprint density at radius 1 is 1.26 bits per heavy atom. The Bertz CT molecular complexity index is 561. The highest BCUT2D eigenvalue weighted by Crippen LogP contribution is 2.30. The summed E-state index contributed by atoms with van der Waals surface area (Å²) in [6.07, 6.45) is 4.35. The molecule has 100 valence electrons. The van der Waals surface area contributed by atoms with Crippen molar-refractivity contribution in [3.8, 4) is 0 Å². The van der Waals surface area contributed by atoms with Crippen molar-refractivity contribution >= 4 is 16.6 Å². The zero-order chi connectivity index (χ0) is 13.2. The van der Waals surface area contributed by atoms with Crippen molar-refractivity contribution in [2.24, 2.45) is 11.7 Å². The smallest absolute Gasteiger partial charge is 0.136 e. The van der Waals surface area contributed by atoms with Crippen LogP contribution in [0.1, 0.15) is 19.8 Å². The van der Waals surface area contributed by atoms with Gasteiger partial charge < -0.3 is 10.6 Å². The van der Waals surface area contributed by atoms with E-state index in [4.69, 9.17) is 5.73 Å². The first kappa shape index (κ1) is 12.4. The van der Waals surface area contributed by atoms with Crippen LogP contribution in [0.25, 0.3) is 10.8 Å². The third kappa shape index (κ3) is 2.30. The van der Waals surface area contributed by atoms with E-state index in [1.54, 1.807) is 0 Å². The standard InChI is InChI=1S/C16H21N3/c1-12-6-7-13(10-17)11-19(12)16-15-5-3-2-4-14(15)8-9-18-16/h2-5,8-9,12-13H,6-7,10-11,17H2,1H3. The van der Waals surface area contributed by atoms with E-state index >= 15 is 0 Å². The van der Waals surface area contributed by atoms with Crippen LogP contribution >= 0.6 is 0 Å². The average Bonchev–Trinajstić information content (AvgIpc) is 2.47. The number of nitrogens with zero attached hydrogens (tertiary/aromatic N) is 2. The van der Waals surface area contributed by atoms with Crippen molar-refractivity contribution in [3.63, 3.8) is 0 Å². The summed E-state index contributed by atoms with van der Waals surface area (Å²) in [5, 5.41) is 2.50. The summed E-state index contributed by atoms with van der Waals surface area (Å²) < 4.78 is 0. The van der Waals surface area contributed by atoms with Crippen molar-refractivity contribution < 1.29 is 0 Å². The van der Waals surface area contributed by atoms with Crippen LogP contribution in [0.5, 0.6) is 0 Å². The van der Waals surface area contributed by atoms with Gasteiger partial charge in [0.15, 0.2) is 0 Å². The summed E-state index contributed by atoms with van der Waals surface area (Å²) in [5.41, 5.74) is 5.85. The Balaban J connectivity index is 2.02. The van der Waals surface area contributed by atoms with Gasteiger partial charge in [-0.15, -0.1) is 0 Å². The van der Waals surface area contributed by atoms with Gasteiger partial charge in [-0.05, 0) is 43.7 Å². The number of piperidine rings is 1. The van der Waals surface area contributed by atoms with Gasteiger partial charge in [-0.1, -0.05) is 24.3 Å². The maximum absolute atomic E-state index is 5.85. The molecule has 3 heteroatoms. The Morgan fingerprint density at radius 2 is 2.11 bits per heavy atom. The normalized spacial score (nSPS) is 23.8. The van der Waals surface area contributed by atoms with Gasteiger partial charge >= 0.3 is 0 Å². The number of hydrogen-bond acceptors (Lipinski definition) is 3. The molecule has 3 nitrogen and oxygen atoms in total. The first-order valence-corrected chi connectivity index (χ1v) is 7.10. The maximum Gasteiger partial charge on any atom is 0.136 e. The summed E-state index contributed by atoms with van der Waals surface area (Å²) >= 11 is 0. The third-order valence-electron chi connectivity index (χ3n) is 4.24. The summed E-state index contributed by atoms with van der Waals surface area (Å²) in [7, 11) is 0. The number of rotatable bonds is 2. The van der Waals surface area contributed by atoms with Gasteiger partial charge in [0.1, 0.15) is 5.82 Å². The molecule has 1 aliphatic heterocycles. The molecule has 19 heavy (non-hydrogen) atoms. The largest absolute Gasteiger partial charge is 0.353 e. The molecule has 1 saturated heterocycles. The monoisotopic (exact) mass is 255 g/mol. The maximum atomic E-state index is 5.85. The van der Waals surface area contributed by atoms with Gasteiger partial charge in [0.05, 0.1) is 0 Å². The molecule has 2 heterocycles. The van der Waals surface area contributed by atoms with Crippen LogP contribution in [-0.4, -0.2) is 24.1 Å². The van der Waals surface area contributed by atoms with E-state index in [-0.39, 0.29) is 0 Å². The minimum atomic E-state index is 0.543. The first-order valence-electron chi connectivity index (χ1n) is 7.10. The molecule has 0 radical (unpaired) electrons. The van der Waals surface area contributed by atoms with Crippen molar-refractivity contribution in [2.75, 3.05) is 18.0 Å². The molecule has 0 spiro atoms. The summed E-state index contributed by atoms with van der Waals surface area (Å²) in [6.45, 7) is 4.09. The Kier molecular flexibility index (Phi) is 3.38. The lowest BCUT2D eigenvalue weighted by molar-refractivity contribution is 0.372. The number of fused-ring (bicyclic) bond motifs is 1. The number of pyridine rings is 1. The topological polar surface area (TPSA) is 42.1 Å². The van der Waals surface area contributed by atoms with E-state index in [0.29, 0.717) is 12.0 Å². The molecule has 0 saturated carbocycles. The average molecular weight is 255 g/mol. The molecule has 2 unspecified atom stereocenters. The molecule has 2 atom stereocenters. The molecular formula is C16H21N3. The van der Waals surface area contributed by atoms with E-state index < -0.39 is 0 Å². The van der Waals surface area contributed by atoms with Crippen molar-refractivity contribution in [1.82, 2.24) is 4.98 Å².